The summed E-state index contributed by atoms with van der Waals surface area (Å²) in [7, 11) is 0. The maximum Gasteiger partial charge on any atom is 0.326 e. The van der Waals surface area contributed by atoms with E-state index in [0.29, 0.717) is 64.1 Å². The predicted molar refractivity (Wildman–Crippen MR) is 274 cm³/mol. The minimum atomic E-state index is -1.53. The number of nitrogens with zero attached hydrogens (tertiary/aromatic N) is 5. The van der Waals surface area contributed by atoms with E-state index in [2.05, 4.69) is 43.9 Å². The normalized spacial score (nSPS) is 15.5. The number of amides is 4. The summed E-state index contributed by atoms with van der Waals surface area (Å²) in [5, 5.41) is 77.5. The van der Waals surface area contributed by atoms with Crippen LogP contribution < -0.4 is 21.3 Å². The van der Waals surface area contributed by atoms with E-state index in [1.54, 1.807) is 43.9 Å². The molecule has 0 saturated carbocycles. The van der Waals surface area contributed by atoms with Crippen LogP contribution in [0.5, 0.6) is 0 Å². The minimum absolute atomic E-state index is 0.0253. The van der Waals surface area contributed by atoms with Gasteiger partial charge in [0.1, 0.15) is 18.3 Å². The number of urea groups is 1. The first-order valence-electron chi connectivity index (χ1n) is 24.3. The highest BCUT2D eigenvalue weighted by molar-refractivity contribution is 14.1. The van der Waals surface area contributed by atoms with Crippen molar-refractivity contribution in [1.82, 2.24) is 45.8 Å². The van der Waals surface area contributed by atoms with Crippen LogP contribution in [0.25, 0.3) is 0 Å². The molecule has 0 aromatic heterocycles. The van der Waals surface area contributed by atoms with Crippen LogP contribution in [0, 0.1) is 3.57 Å². The van der Waals surface area contributed by atoms with E-state index in [-0.39, 0.29) is 96.5 Å². The SMILES string of the molecule is O=C(O)CC[C@@H](NC(=O)N[C@H](CCCCN(Cc1ccc(I)cc1)C(=O)CCCCNC(=O)c1ccc(CNC(O)CN2CCN(CC(=O)O)CCN(CC(=O)O)CCN(CC(=O)O)CC2)cc1)C(=O)O)C(=O)O. The second-order valence-corrected chi connectivity index (χ2v) is 19.1. The van der Waals surface area contributed by atoms with Crippen molar-refractivity contribution in [2.45, 2.75) is 82.8 Å². The molecule has 2 aromatic carbocycles. The Labute approximate surface area is 442 Å². The first-order valence-corrected chi connectivity index (χ1v) is 25.3. The average molecular weight is 1160 g/mol. The molecular weight excluding hydrogens is 1090 g/mol. The molecule has 0 bridgehead atoms. The van der Waals surface area contributed by atoms with Gasteiger partial charge in [0.2, 0.25) is 5.91 Å². The first-order chi connectivity index (χ1) is 35.2. The number of aliphatic hydroxyl groups excluding tert-OH is 1. The Bertz CT molecular complexity index is 2120. The summed E-state index contributed by atoms with van der Waals surface area (Å²) in [4.78, 5) is 117. The van der Waals surface area contributed by atoms with Crippen molar-refractivity contribution in [3.63, 3.8) is 0 Å². The lowest BCUT2D eigenvalue weighted by atomic mass is 10.1. The molecule has 74 heavy (non-hydrogen) atoms. The molecule has 3 rings (SSSR count). The number of unbranched alkanes of at least 4 members (excludes halogenated alkanes) is 2. The summed E-state index contributed by atoms with van der Waals surface area (Å²) in [5.41, 5.74) is 2.06. The number of halogens is 1. The van der Waals surface area contributed by atoms with Crippen molar-refractivity contribution in [3.8, 4) is 0 Å². The van der Waals surface area contributed by atoms with Crippen LogP contribution in [0.3, 0.4) is 0 Å². The zero-order valence-electron chi connectivity index (χ0n) is 41.2. The highest BCUT2D eigenvalue weighted by Crippen LogP contribution is 2.14. The summed E-state index contributed by atoms with van der Waals surface area (Å²) < 4.78 is 1.01. The lowest BCUT2D eigenvalue weighted by molar-refractivity contribution is -0.141. The van der Waals surface area contributed by atoms with Gasteiger partial charge in [-0.15, -0.1) is 0 Å². The van der Waals surface area contributed by atoms with Gasteiger partial charge in [0.05, 0.1) is 19.6 Å². The summed E-state index contributed by atoms with van der Waals surface area (Å²) >= 11 is 2.17. The van der Waals surface area contributed by atoms with Crippen molar-refractivity contribution < 1.29 is 78.9 Å². The van der Waals surface area contributed by atoms with Gasteiger partial charge in [0.15, 0.2) is 0 Å². The molecule has 11 N–H and O–H groups in total. The largest absolute Gasteiger partial charge is 0.481 e. The monoisotopic (exact) mass is 1160 g/mol. The number of aliphatic carboxylic acids is 6. The number of hydrogen-bond donors (Lipinski definition) is 11. The maximum absolute atomic E-state index is 13.5. The summed E-state index contributed by atoms with van der Waals surface area (Å²) in [6.07, 6.45) is -0.147. The smallest absolute Gasteiger partial charge is 0.326 e. The second kappa shape index (κ2) is 33.7. The molecule has 4 amide bonds. The fourth-order valence-corrected chi connectivity index (χ4v) is 8.25. The number of rotatable bonds is 31. The van der Waals surface area contributed by atoms with E-state index >= 15 is 0 Å². The number of carboxylic acids is 6. The zero-order valence-corrected chi connectivity index (χ0v) is 43.4. The highest BCUT2D eigenvalue weighted by atomic mass is 127. The third kappa shape index (κ3) is 26.3. The van der Waals surface area contributed by atoms with Crippen LogP contribution in [-0.2, 0) is 46.7 Å². The highest BCUT2D eigenvalue weighted by Gasteiger charge is 2.26. The fraction of sp³-hybridized carbons (Fsp3) is 0.562. The van der Waals surface area contributed by atoms with Gasteiger partial charge in [-0.25, -0.2) is 14.4 Å². The molecule has 1 heterocycles. The zero-order chi connectivity index (χ0) is 54.6. The molecule has 1 fully saturated rings. The number of β-amino-alcohol motifs (C(OH)–C–C–N with tert-alkyl or cyclic N) is 1. The Balaban J connectivity index is 1.48. The van der Waals surface area contributed by atoms with E-state index < -0.39 is 73.0 Å². The van der Waals surface area contributed by atoms with E-state index in [9.17, 15) is 73.8 Å². The van der Waals surface area contributed by atoms with Gasteiger partial charge in [-0.2, -0.15) is 0 Å². The first kappa shape index (κ1) is 62.3. The van der Waals surface area contributed by atoms with Gasteiger partial charge in [-0.1, -0.05) is 24.3 Å². The van der Waals surface area contributed by atoms with Gasteiger partial charge in [0, 0.05) is 107 Å². The van der Waals surface area contributed by atoms with Crippen LogP contribution in [0.2, 0.25) is 0 Å². The molecule has 1 aliphatic rings. The number of carbonyl (C=O) groups excluding carboxylic acids is 3. The third-order valence-corrected chi connectivity index (χ3v) is 12.7. The van der Waals surface area contributed by atoms with Crippen LogP contribution in [-0.4, -0.2) is 224 Å². The van der Waals surface area contributed by atoms with Gasteiger partial charge in [-0.05, 0) is 96.5 Å². The number of benzene rings is 2. The van der Waals surface area contributed by atoms with Crippen LogP contribution in [0.15, 0.2) is 48.5 Å². The molecule has 25 nitrogen and oxygen atoms in total. The molecule has 1 aliphatic heterocycles. The Kier molecular flexibility index (Phi) is 28.4. The van der Waals surface area contributed by atoms with Crippen molar-refractivity contribution in [2.75, 3.05) is 91.6 Å². The Hall–Kier alpha value is -6.04. The summed E-state index contributed by atoms with van der Waals surface area (Å²) in [5.74, 6) is -7.65. The molecule has 0 spiro atoms. The molecule has 1 saturated heterocycles. The minimum Gasteiger partial charge on any atom is -0.481 e. The molecular formula is C48H70IN9O16. The molecule has 0 radical (unpaired) electrons. The number of carbonyl (C=O) groups is 9. The fourth-order valence-electron chi connectivity index (χ4n) is 7.89. The quantitative estimate of drug-likeness (QED) is 0.0276. The Morgan fingerprint density at radius 3 is 1.54 bits per heavy atom. The molecule has 0 aliphatic carbocycles. The van der Waals surface area contributed by atoms with E-state index in [1.165, 1.54) is 0 Å². The summed E-state index contributed by atoms with van der Waals surface area (Å²) in [6, 6.07) is 10.4. The third-order valence-electron chi connectivity index (χ3n) is 12.0. The van der Waals surface area contributed by atoms with Crippen molar-refractivity contribution >= 4 is 76.3 Å². The molecule has 3 atom stereocenters. The van der Waals surface area contributed by atoms with E-state index in [4.69, 9.17) is 5.11 Å². The summed E-state index contributed by atoms with van der Waals surface area (Å²) in [6.45, 7) is 2.88. The molecule has 410 valence electrons. The standard InChI is InChI=1S/C48H70IN9O16/c49-36-13-9-34(10-14-36)28-58(18-4-2-5-37(46(70)71)52-48(74)53-38(47(72)73)15-16-41(61)62)40(60)6-1-3-17-50-45(69)35-11-7-33(8-12-35)27-51-39(59)29-54-19-21-55(30-42(63)64)23-25-57(32-44(67)68)26-24-56(22-20-54)31-43(65)66/h7-14,37-39,51,59H,1-6,15-32H2,(H,50,69)(H,61,62)(H,63,64)(H,65,66)(H,67,68)(H,70,71)(H,72,73)(H2,52,53,74)/t37-,38-,39?/m1/s1. The Morgan fingerprint density at radius 1 is 0.568 bits per heavy atom. The van der Waals surface area contributed by atoms with Crippen LogP contribution in [0.1, 0.15) is 72.9 Å². The van der Waals surface area contributed by atoms with Gasteiger partial charge in [-0.3, -0.25) is 53.7 Å². The molecule has 26 heteroatoms. The maximum atomic E-state index is 13.5. The Morgan fingerprint density at radius 2 is 1.05 bits per heavy atom. The number of carboxylic acid groups (broad SMARTS) is 6. The van der Waals surface area contributed by atoms with Crippen molar-refractivity contribution in [3.05, 3.63) is 68.8 Å². The average Bonchev–Trinajstić information content (AvgIpc) is 3.33. The topological polar surface area (TPSA) is 360 Å². The predicted octanol–water partition coefficient (Wildman–Crippen LogP) is 0.344. The van der Waals surface area contributed by atoms with Crippen molar-refractivity contribution in [2.24, 2.45) is 0 Å². The number of hydrogen-bond acceptors (Lipinski definition) is 15. The molecule has 2 aromatic rings. The lowest BCUT2D eigenvalue weighted by Crippen LogP contribution is -2.51. The van der Waals surface area contributed by atoms with Gasteiger partial charge < -0.3 is 56.6 Å². The lowest BCUT2D eigenvalue weighted by Gasteiger charge is -2.33. The van der Waals surface area contributed by atoms with E-state index in [0.717, 1.165) is 14.7 Å². The van der Waals surface area contributed by atoms with Crippen molar-refractivity contribution in [1.29, 1.82) is 0 Å². The van der Waals surface area contributed by atoms with E-state index in [1.807, 2.05) is 29.2 Å². The molecule has 1 unspecified atom stereocenters. The number of aliphatic hydroxyl groups is 1. The van der Waals surface area contributed by atoms with Crippen LogP contribution in [0.4, 0.5) is 4.79 Å². The van der Waals surface area contributed by atoms with Gasteiger partial charge >= 0.3 is 41.8 Å². The van der Waals surface area contributed by atoms with Crippen LogP contribution >= 0.6 is 22.6 Å². The number of nitrogens with one attached hydrogen (secondary N) is 4. The van der Waals surface area contributed by atoms with Gasteiger partial charge in [0.25, 0.3) is 5.91 Å². The second-order valence-electron chi connectivity index (χ2n) is 17.9.